The van der Waals surface area contributed by atoms with Crippen LogP contribution in [0.5, 0.6) is 0 Å². The van der Waals surface area contributed by atoms with Crippen molar-refractivity contribution in [3.8, 4) is 0 Å². The summed E-state index contributed by atoms with van der Waals surface area (Å²) in [6, 6.07) is 0. The van der Waals surface area contributed by atoms with Crippen LogP contribution in [0, 0.1) is 0 Å². The minimum Gasteiger partial charge on any atom is -0.466 e. The summed E-state index contributed by atoms with van der Waals surface area (Å²) < 4.78 is 4.92. The van der Waals surface area contributed by atoms with Crippen molar-refractivity contribution in [3.05, 3.63) is 0 Å². The first kappa shape index (κ1) is 14.4. The molecular weight excluding hydrogens is 192 g/mol. The maximum Gasteiger partial charge on any atom is 0.305 e. The molecule has 90 valence electrons. The summed E-state index contributed by atoms with van der Waals surface area (Å²) >= 11 is 0. The summed E-state index contributed by atoms with van der Waals surface area (Å²) in [6.45, 7) is 4.59. The smallest absolute Gasteiger partial charge is 0.305 e. The van der Waals surface area contributed by atoms with Gasteiger partial charge < -0.3 is 9.84 Å². The first-order chi connectivity index (χ1) is 7.20. The highest BCUT2D eigenvalue weighted by Gasteiger charge is 2.08. The summed E-state index contributed by atoms with van der Waals surface area (Å²) in [4.78, 5) is 11.1. The molecule has 0 saturated carbocycles. The zero-order valence-corrected chi connectivity index (χ0v) is 10.00. The first-order valence-corrected chi connectivity index (χ1v) is 6.04. The van der Waals surface area contributed by atoms with Crippen LogP contribution < -0.4 is 0 Å². The molecule has 0 amide bonds. The first-order valence-electron chi connectivity index (χ1n) is 6.04. The molecule has 0 aliphatic heterocycles. The van der Waals surface area contributed by atoms with Crippen LogP contribution in [0.3, 0.4) is 0 Å². The third kappa shape index (κ3) is 9.73. The Morgan fingerprint density at radius 2 is 1.93 bits per heavy atom. The van der Waals surface area contributed by atoms with E-state index in [0.29, 0.717) is 19.4 Å². The summed E-state index contributed by atoms with van der Waals surface area (Å²) in [6.07, 6.45) is 5.54. The fourth-order valence-electron chi connectivity index (χ4n) is 1.35. The Hall–Kier alpha value is -0.570. The molecule has 1 atom stereocenters. The van der Waals surface area contributed by atoms with Crippen LogP contribution in [0.15, 0.2) is 0 Å². The fourth-order valence-corrected chi connectivity index (χ4v) is 1.35. The SMILES string of the molecule is CCCCCC(O)CCC(=O)OCCC. The van der Waals surface area contributed by atoms with Gasteiger partial charge in [0.15, 0.2) is 0 Å². The Kier molecular flexibility index (Phi) is 9.59. The van der Waals surface area contributed by atoms with Crippen LogP contribution in [0.4, 0.5) is 0 Å². The fraction of sp³-hybridized carbons (Fsp3) is 0.917. The van der Waals surface area contributed by atoms with Crippen LogP contribution in [0.1, 0.15) is 58.8 Å². The molecule has 0 radical (unpaired) electrons. The molecular formula is C12H24O3. The second kappa shape index (κ2) is 9.97. The van der Waals surface area contributed by atoms with Gasteiger partial charge in [-0.25, -0.2) is 0 Å². The Bertz CT molecular complexity index is 157. The Balaban J connectivity index is 3.36. The van der Waals surface area contributed by atoms with E-state index in [1.165, 1.54) is 0 Å². The molecule has 1 N–H and O–H groups in total. The monoisotopic (exact) mass is 216 g/mol. The normalized spacial score (nSPS) is 12.5. The molecule has 0 aromatic rings. The van der Waals surface area contributed by atoms with E-state index in [2.05, 4.69) is 6.92 Å². The van der Waals surface area contributed by atoms with Gasteiger partial charge in [-0.2, -0.15) is 0 Å². The predicted octanol–water partition coefficient (Wildman–Crippen LogP) is 2.66. The van der Waals surface area contributed by atoms with Gasteiger partial charge in [0.05, 0.1) is 12.7 Å². The predicted molar refractivity (Wildman–Crippen MR) is 60.6 cm³/mol. The lowest BCUT2D eigenvalue weighted by Gasteiger charge is -2.09. The van der Waals surface area contributed by atoms with E-state index in [4.69, 9.17) is 4.74 Å². The number of aliphatic hydroxyl groups is 1. The van der Waals surface area contributed by atoms with Crippen molar-refractivity contribution in [2.75, 3.05) is 6.61 Å². The Labute approximate surface area is 92.8 Å². The minimum absolute atomic E-state index is 0.189. The molecule has 1 unspecified atom stereocenters. The zero-order valence-electron chi connectivity index (χ0n) is 10.00. The van der Waals surface area contributed by atoms with Crippen molar-refractivity contribution in [1.82, 2.24) is 0 Å². The number of rotatable bonds is 9. The highest BCUT2D eigenvalue weighted by molar-refractivity contribution is 5.69. The van der Waals surface area contributed by atoms with Gasteiger partial charge in [-0.05, 0) is 19.3 Å². The minimum atomic E-state index is -0.342. The van der Waals surface area contributed by atoms with Gasteiger partial charge >= 0.3 is 5.97 Å². The van der Waals surface area contributed by atoms with E-state index < -0.39 is 0 Å². The summed E-state index contributed by atoms with van der Waals surface area (Å²) in [5, 5.41) is 9.54. The summed E-state index contributed by atoms with van der Waals surface area (Å²) in [5.74, 6) is -0.189. The van der Waals surface area contributed by atoms with Crippen molar-refractivity contribution in [2.45, 2.75) is 64.9 Å². The highest BCUT2D eigenvalue weighted by atomic mass is 16.5. The third-order valence-corrected chi connectivity index (χ3v) is 2.29. The van der Waals surface area contributed by atoms with E-state index in [0.717, 1.165) is 32.1 Å². The van der Waals surface area contributed by atoms with Gasteiger partial charge in [0.1, 0.15) is 0 Å². The van der Waals surface area contributed by atoms with Gasteiger partial charge in [-0.3, -0.25) is 4.79 Å². The number of ether oxygens (including phenoxy) is 1. The van der Waals surface area contributed by atoms with E-state index in [9.17, 15) is 9.90 Å². The molecule has 3 nitrogen and oxygen atoms in total. The molecule has 15 heavy (non-hydrogen) atoms. The molecule has 0 spiro atoms. The molecule has 0 aromatic carbocycles. The molecule has 0 fully saturated rings. The van der Waals surface area contributed by atoms with Crippen LogP contribution in [-0.4, -0.2) is 23.8 Å². The van der Waals surface area contributed by atoms with Crippen molar-refractivity contribution in [1.29, 1.82) is 0 Å². The average Bonchev–Trinajstić information content (AvgIpc) is 2.24. The average molecular weight is 216 g/mol. The summed E-state index contributed by atoms with van der Waals surface area (Å²) in [5.41, 5.74) is 0. The van der Waals surface area contributed by atoms with E-state index >= 15 is 0 Å². The molecule has 0 saturated heterocycles. The summed E-state index contributed by atoms with van der Waals surface area (Å²) in [7, 11) is 0. The lowest BCUT2D eigenvalue weighted by Crippen LogP contribution is -2.12. The number of aliphatic hydroxyl groups excluding tert-OH is 1. The van der Waals surface area contributed by atoms with Crippen molar-refractivity contribution in [2.24, 2.45) is 0 Å². The lowest BCUT2D eigenvalue weighted by atomic mass is 10.1. The second-order valence-corrected chi connectivity index (χ2v) is 3.91. The number of esters is 1. The lowest BCUT2D eigenvalue weighted by molar-refractivity contribution is -0.144. The molecule has 0 rings (SSSR count). The molecule has 0 aliphatic carbocycles. The molecule has 3 heteroatoms. The van der Waals surface area contributed by atoms with Gasteiger partial charge in [0, 0.05) is 6.42 Å². The quantitative estimate of drug-likeness (QED) is 0.476. The van der Waals surface area contributed by atoms with Crippen LogP contribution in [0.25, 0.3) is 0 Å². The van der Waals surface area contributed by atoms with Gasteiger partial charge in [-0.1, -0.05) is 33.1 Å². The van der Waals surface area contributed by atoms with Crippen LogP contribution in [0.2, 0.25) is 0 Å². The number of unbranched alkanes of at least 4 members (excludes halogenated alkanes) is 2. The molecule has 0 aliphatic rings. The molecule has 0 bridgehead atoms. The van der Waals surface area contributed by atoms with E-state index in [1.54, 1.807) is 0 Å². The standard InChI is InChI=1S/C12H24O3/c1-3-5-6-7-11(13)8-9-12(14)15-10-4-2/h11,13H,3-10H2,1-2H3. The van der Waals surface area contributed by atoms with Gasteiger partial charge in [0.2, 0.25) is 0 Å². The van der Waals surface area contributed by atoms with Gasteiger partial charge in [-0.15, -0.1) is 0 Å². The van der Waals surface area contributed by atoms with Crippen LogP contribution in [-0.2, 0) is 9.53 Å². The molecule has 0 aromatic heterocycles. The zero-order chi connectivity index (χ0) is 11.5. The number of hydrogen-bond donors (Lipinski definition) is 1. The van der Waals surface area contributed by atoms with Crippen LogP contribution >= 0.6 is 0 Å². The highest BCUT2D eigenvalue weighted by Crippen LogP contribution is 2.08. The Morgan fingerprint density at radius 1 is 1.20 bits per heavy atom. The molecule has 0 heterocycles. The number of carbonyl (C=O) groups is 1. The Morgan fingerprint density at radius 3 is 2.53 bits per heavy atom. The topological polar surface area (TPSA) is 46.5 Å². The third-order valence-electron chi connectivity index (χ3n) is 2.29. The maximum absolute atomic E-state index is 11.1. The maximum atomic E-state index is 11.1. The van der Waals surface area contributed by atoms with Gasteiger partial charge in [0.25, 0.3) is 0 Å². The number of hydrogen-bond acceptors (Lipinski definition) is 3. The largest absolute Gasteiger partial charge is 0.466 e. The van der Waals surface area contributed by atoms with Crippen molar-refractivity contribution < 1.29 is 14.6 Å². The van der Waals surface area contributed by atoms with Crippen molar-refractivity contribution >= 4 is 5.97 Å². The van der Waals surface area contributed by atoms with E-state index in [-0.39, 0.29) is 12.1 Å². The van der Waals surface area contributed by atoms with E-state index in [1.807, 2.05) is 6.92 Å². The second-order valence-electron chi connectivity index (χ2n) is 3.91. The van der Waals surface area contributed by atoms with Crippen molar-refractivity contribution in [3.63, 3.8) is 0 Å². The number of carbonyl (C=O) groups excluding carboxylic acids is 1.